The monoisotopic (exact) mass is 241 g/mol. The molecule has 1 aromatic rings. The second-order valence-electron chi connectivity index (χ2n) is 3.63. The molecule has 2 N–H and O–H groups in total. The number of rotatable bonds is 3. The van der Waals surface area contributed by atoms with Crippen LogP contribution in [0.3, 0.4) is 0 Å². The van der Waals surface area contributed by atoms with Crippen molar-refractivity contribution >= 4 is 22.6 Å². The molecule has 0 radical (unpaired) electrons. The summed E-state index contributed by atoms with van der Waals surface area (Å²) in [5.41, 5.74) is 0. The Bertz CT molecular complexity index is 361. The van der Waals surface area contributed by atoms with Crippen molar-refractivity contribution in [3.05, 3.63) is 5.82 Å². The Morgan fingerprint density at radius 2 is 2.31 bits per heavy atom. The summed E-state index contributed by atoms with van der Waals surface area (Å²) in [6, 6.07) is 0. The molecule has 2 heterocycles. The summed E-state index contributed by atoms with van der Waals surface area (Å²) in [7, 11) is 0. The van der Waals surface area contributed by atoms with E-state index >= 15 is 0 Å². The van der Waals surface area contributed by atoms with E-state index in [1.807, 2.05) is 11.8 Å². The number of piperazine rings is 1. The molecule has 0 spiro atoms. The van der Waals surface area contributed by atoms with E-state index in [-0.39, 0.29) is 5.91 Å². The lowest BCUT2D eigenvalue weighted by Crippen LogP contribution is -2.48. The molecule has 0 saturated carbocycles. The van der Waals surface area contributed by atoms with Gasteiger partial charge in [0.25, 0.3) is 0 Å². The van der Waals surface area contributed by atoms with Crippen LogP contribution in [0, 0.1) is 6.92 Å². The summed E-state index contributed by atoms with van der Waals surface area (Å²) in [5, 5.41) is 6.92. The minimum Gasteiger partial charge on any atom is -0.351 e. The topological polar surface area (TPSA) is 70.2 Å². The van der Waals surface area contributed by atoms with Gasteiger partial charge in [0.1, 0.15) is 5.82 Å². The Hall–Kier alpha value is -1.21. The average Bonchev–Trinajstić information content (AvgIpc) is 2.73. The number of amides is 1. The van der Waals surface area contributed by atoms with Crippen LogP contribution in [-0.2, 0) is 4.79 Å². The number of carbonyl (C=O) groups excluding carboxylic acids is 1. The highest BCUT2D eigenvalue weighted by molar-refractivity contribution is 7.09. The van der Waals surface area contributed by atoms with Crippen LogP contribution in [0.4, 0.5) is 5.13 Å². The van der Waals surface area contributed by atoms with Crippen molar-refractivity contribution in [2.45, 2.75) is 6.92 Å². The average molecular weight is 241 g/mol. The Morgan fingerprint density at radius 1 is 1.56 bits per heavy atom. The van der Waals surface area contributed by atoms with Crippen molar-refractivity contribution < 1.29 is 4.79 Å². The van der Waals surface area contributed by atoms with Crippen molar-refractivity contribution in [2.75, 3.05) is 38.0 Å². The summed E-state index contributed by atoms with van der Waals surface area (Å²) >= 11 is 1.28. The molecule has 1 saturated heterocycles. The van der Waals surface area contributed by atoms with Gasteiger partial charge in [-0.2, -0.15) is 4.37 Å². The predicted molar refractivity (Wildman–Crippen MR) is 62.6 cm³/mol. The highest BCUT2D eigenvalue weighted by Crippen LogP contribution is 2.09. The SMILES string of the molecule is Cc1nsc(NCC(=O)N2CCNCC2)n1. The molecule has 16 heavy (non-hydrogen) atoms. The van der Waals surface area contributed by atoms with Crippen molar-refractivity contribution in [1.29, 1.82) is 0 Å². The number of nitrogens with zero attached hydrogens (tertiary/aromatic N) is 3. The molecule has 1 aliphatic heterocycles. The van der Waals surface area contributed by atoms with Crippen LogP contribution in [-0.4, -0.2) is 52.9 Å². The van der Waals surface area contributed by atoms with E-state index in [2.05, 4.69) is 20.0 Å². The van der Waals surface area contributed by atoms with Gasteiger partial charge in [0.15, 0.2) is 0 Å². The van der Waals surface area contributed by atoms with Gasteiger partial charge in [-0.15, -0.1) is 0 Å². The summed E-state index contributed by atoms with van der Waals surface area (Å²) in [4.78, 5) is 17.8. The molecule has 7 heteroatoms. The number of carbonyl (C=O) groups is 1. The Balaban J connectivity index is 1.78. The maximum atomic E-state index is 11.8. The molecule has 1 aliphatic rings. The van der Waals surface area contributed by atoms with Crippen molar-refractivity contribution in [3.8, 4) is 0 Å². The third-order valence-corrected chi connectivity index (χ3v) is 3.15. The fraction of sp³-hybridized carbons (Fsp3) is 0.667. The molecule has 0 atom stereocenters. The van der Waals surface area contributed by atoms with Gasteiger partial charge in [-0.3, -0.25) is 4.79 Å². The number of nitrogens with one attached hydrogen (secondary N) is 2. The zero-order valence-corrected chi connectivity index (χ0v) is 10.0. The summed E-state index contributed by atoms with van der Waals surface area (Å²) in [5.74, 6) is 0.858. The third kappa shape index (κ3) is 2.89. The van der Waals surface area contributed by atoms with Gasteiger partial charge in [0.05, 0.1) is 6.54 Å². The van der Waals surface area contributed by atoms with Gasteiger partial charge in [0.2, 0.25) is 11.0 Å². The van der Waals surface area contributed by atoms with Crippen LogP contribution in [0.1, 0.15) is 5.82 Å². The minimum absolute atomic E-state index is 0.120. The number of hydrogen-bond acceptors (Lipinski definition) is 6. The molecule has 0 unspecified atom stereocenters. The molecular weight excluding hydrogens is 226 g/mol. The maximum absolute atomic E-state index is 11.8. The lowest BCUT2D eigenvalue weighted by atomic mass is 10.3. The van der Waals surface area contributed by atoms with Crippen LogP contribution in [0.15, 0.2) is 0 Å². The molecule has 1 aromatic heterocycles. The first kappa shape index (κ1) is 11.3. The van der Waals surface area contributed by atoms with E-state index < -0.39 is 0 Å². The van der Waals surface area contributed by atoms with Crippen LogP contribution in [0.5, 0.6) is 0 Å². The second-order valence-corrected chi connectivity index (χ2v) is 4.38. The highest BCUT2D eigenvalue weighted by Gasteiger charge is 2.15. The van der Waals surface area contributed by atoms with E-state index in [0.29, 0.717) is 11.7 Å². The van der Waals surface area contributed by atoms with E-state index in [4.69, 9.17) is 0 Å². The Kier molecular flexibility index (Phi) is 3.68. The van der Waals surface area contributed by atoms with Crippen LogP contribution in [0.25, 0.3) is 0 Å². The molecule has 0 aromatic carbocycles. The lowest BCUT2D eigenvalue weighted by molar-refractivity contribution is -0.129. The Labute approximate surface area is 98.2 Å². The third-order valence-electron chi connectivity index (χ3n) is 2.39. The summed E-state index contributed by atoms with van der Waals surface area (Å²) < 4.78 is 4.04. The summed E-state index contributed by atoms with van der Waals surface area (Å²) in [6.07, 6.45) is 0. The van der Waals surface area contributed by atoms with Crippen molar-refractivity contribution in [2.24, 2.45) is 0 Å². The number of aryl methyl sites for hydroxylation is 1. The van der Waals surface area contributed by atoms with E-state index in [1.54, 1.807) is 0 Å². The zero-order chi connectivity index (χ0) is 11.4. The lowest BCUT2D eigenvalue weighted by Gasteiger charge is -2.27. The quantitative estimate of drug-likeness (QED) is 0.759. The number of aromatic nitrogens is 2. The van der Waals surface area contributed by atoms with E-state index in [9.17, 15) is 4.79 Å². The van der Waals surface area contributed by atoms with Crippen LogP contribution in [0.2, 0.25) is 0 Å². The van der Waals surface area contributed by atoms with E-state index in [0.717, 1.165) is 32.0 Å². The van der Waals surface area contributed by atoms with Crippen molar-refractivity contribution in [1.82, 2.24) is 19.6 Å². The largest absolute Gasteiger partial charge is 0.351 e. The molecule has 0 aliphatic carbocycles. The normalized spacial score (nSPS) is 16.2. The standard InChI is InChI=1S/C9H15N5OS/c1-7-12-9(16-13-7)11-6-8(15)14-4-2-10-3-5-14/h10H,2-6H2,1H3,(H,11,12,13). The smallest absolute Gasteiger partial charge is 0.242 e. The van der Waals surface area contributed by atoms with Gasteiger partial charge >= 0.3 is 0 Å². The predicted octanol–water partition coefficient (Wildman–Crippen LogP) is -0.310. The molecular formula is C9H15N5OS. The number of anilines is 1. The minimum atomic E-state index is 0.120. The first-order chi connectivity index (χ1) is 7.75. The fourth-order valence-electron chi connectivity index (χ4n) is 1.55. The zero-order valence-electron chi connectivity index (χ0n) is 9.19. The number of hydrogen-bond donors (Lipinski definition) is 2. The van der Waals surface area contributed by atoms with Gasteiger partial charge in [-0.25, -0.2) is 4.98 Å². The molecule has 1 fully saturated rings. The summed E-state index contributed by atoms with van der Waals surface area (Å²) in [6.45, 7) is 5.47. The molecule has 2 rings (SSSR count). The highest BCUT2D eigenvalue weighted by atomic mass is 32.1. The van der Waals surface area contributed by atoms with Gasteiger partial charge in [-0.05, 0) is 6.92 Å². The maximum Gasteiger partial charge on any atom is 0.242 e. The van der Waals surface area contributed by atoms with E-state index in [1.165, 1.54) is 11.5 Å². The Morgan fingerprint density at radius 3 is 2.94 bits per heavy atom. The van der Waals surface area contributed by atoms with Gasteiger partial charge < -0.3 is 15.5 Å². The van der Waals surface area contributed by atoms with Crippen LogP contribution < -0.4 is 10.6 Å². The first-order valence-electron chi connectivity index (χ1n) is 5.28. The van der Waals surface area contributed by atoms with Gasteiger partial charge in [0, 0.05) is 37.7 Å². The first-order valence-corrected chi connectivity index (χ1v) is 6.06. The van der Waals surface area contributed by atoms with Gasteiger partial charge in [-0.1, -0.05) is 0 Å². The van der Waals surface area contributed by atoms with Crippen molar-refractivity contribution in [3.63, 3.8) is 0 Å². The fourth-order valence-corrected chi connectivity index (χ4v) is 2.12. The molecule has 1 amide bonds. The molecule has 88 valence electrons. The molecule has 6 nitrogen and oxygen atoms in total. The molecule has 0 bridgehead atoms. The second kappa shape index (κ2) is 5.22. The van der Waals surface area contributed by atoms with Crippen LogP contribution >= 0.6 is 11.5 Å².